The molecule has 2 nitrogen and oxygen atoms in total. The van der Waals surface area contributed by atoms with Crippen LogP contribution < -0.4 is 0 Å². The first-order chi connectivity index (χ1) is 12.1. The highest BCUT2D eigenvalue weighted by Gasteiger charge is 2.28. The molecule has 0 aliphatic rings. The number of pyridine rings is 1. The standard InChI is InChI=1S/C20H17BrCl2FNO/c1-20(2,3)10-11-7-8-12(22)14(16(11)23)19(26)18-17(24)15(21)13-6-4-5-9-25(13)18/h4-9H,10H2,1-3H3. The van der Waals surface area contributed by atoms with Gasteiger partial charge in [-0.15, -0.1) is 0 Å². The predicted molar refractivity (Wildman–Crippen MR) is 108 cm³/mol. The van der Waals surface area contributed by atoms with Gasteiger partial charge in [-0.2, -0.15) is 0 Å². The molecule has 6 heteroatoms. The maximum atomic E-state index is 14.8. The van der Waals surface area contributed by atoms with Crippen molar-refractivity contribution >= 4 is 50.4 Å². The lowest BCUT2D eigenvalue weighted by molar-refractivity contribution is 0.102. The zero-order valence-electron chi connectivity index (χ0n) is 14.5. The average molecular weight is 457 g/mol. The summed E-state index contributed by atoms with van der Waals surface area (Å²) in [5.41, 5.74) is 1.39. The lowest BCUT2D eigenvalue weighted by Gasteiger charge is -2.20. The van der Waals surface area contributed by atoms with E-state index < -0.39 is 11.6 Å². The summed E-state index contributed by atoms with van der Waals surface area (Å²) in [5, 5.41) is 0.484. The highest BCUT2D eigenvalue weighted by atomic mass is 79.9. The minimum Gasteiger partial charge on any atom is -0.310 e. The van der Waals surface area contributed by atoms with E-state index in [1.54, 1.807) is 30.5 Å². The van der Waals surface area contributed by atoms with Gasteiger partial charge in [0.25, 0.3) is 0 Å². The van der Waals surface area contributed by atoms with Crippen LogP contribution in [0.1, 0.15) is 42.4 Å². The average Bonchev–Trinajstić information content (AvgIpc) is 2.81. The number of fused-ring (bicyclic) bond motifs is 1. The molecule has 26 heavy (non-hydrogen) atoms. The summed E-state index contributed by atoms with van der Waals surface area (Å²) in [4.78, 5) is 13.2. The summed E-state index contributed by atoms with van der Waals surface area (Å²) in [5.74, 6) is -1.17. The fourth-order valence-electron chi connectivity index (χ4n) is 2.98. The van der Waals surface area contributed by atoms with Gasteiger partial charge in [-0.3, -0.25) is 4.79 Å². The Hall–Kier alpha value is -1.36. The van der Waals surface area contributed by atoms with Crippen LogP contribution in [0.15, 0.2) is 41.0 Å². The third-order valence-electron chi connectivity index (χ3n) is 4.06. The summed E-state index contributed by atoms with van der Waals surface area (Å²) in [6.07, 6.45) is 2.31. The van der Waals surface area contributed by atoms with Crippen LogP contribution in [0.25, 0.3) is 5.52 Å². The summed E-state index contributed by atoms with van der Waals surface area (Å²) in [7, 11) is 0. The molecule has 0 radical (unpaired) electrons. The van der Waals surface area contributed by atoms with Gasteiger partial charge in [-0.25, -0.2) is 4.39 Å². The molecule has 0 atom stereocenters. The molecule has 0 amide bonds. The first kappa shape index (κ1) is 19.4. The molecule has 0 saturated carbocycles. The van der Waals surface area contributed by atoms with E-state index in [4.69, 9.17) is 23.2 Å². The molecular weight excluding hydrogens is 440 g/mol. The molecule has 3 aromatic rings. The second-order valence-electron chi connectivity index (χ2n) is 7.39. The van der Waals surface area contributed by atoms with Crippen molar-refractivity contribution < 1.29 is 9.18 Å². The van der Waals surface area contributed by atoms with Crippen LogP contribution in [0.4, 0.5) is 4.39 Å². The summed E-state index contributed by atoms with van der Waals surface area (Å²) < 4.78 is 16.6. The highest BCUT2D eigenvalue weighted by Crippen LogP contribution is 2.36. The molecule has 2 heterocycles. The van der Waals surface area contributed by atoms with E-state index in [-0.39, 0.29) is 31.2 Å². The normalized spacial score (nSPS) is 12.0. The quantitative estimate of drug-likeness (QED) is 0.390. The molecule has 0 aliphatic carbocycles. The molecule has 1 aromatic carbocycles. The summed E-state index contributed by atoms with van der Waals surface area (Å²) in [6.45, 7) is 6.24. The van der Waals surface area contributed by atoms with Crippen LogP contribution in [0.3, 0.4) is 0 Å². The Morgan fingerprint density at radius 1 is 1.19 bits per heavy atom. The molecule has 0 saturated heterocycles. The first-order valence-electron chi connectivity index (χ1n) is 8.07. The lowest BCUT2D eigenvalue weighted by atomic mass is 9.87. The molecule has 0 N–H and O–H groups in total. The van der Waals surface area contributed by atoms with E-state index in [1.807, 2.05) is 6.07 Å². The fourth-order valence-corrected chi connectivity index (χ4v) is 4.10. The second kappa shape index (κ2) is 6.99. The minimum absolute atomic E-state index is 0.0200. The summed E-state index contributed by atoms with van der Waals surface area (Å²) in [6, 6.07) is 8.69. The number of halogens is 4. The van der Waals surface area contributed by atoms with Gasteiger partial charge in [0.05, 0.1) is 25.6 Å². The first-order valence-corrected chi connectivity index (χ1v) is 9.62. The summed E-state index contributed by atoms with van der Waals surface area (Å²) >= 11 is 16.0. The molecule has 0 aliphatic heterocycles. The zero-order chi connectivity index (χ0) is 19.2. The van der Waals surface area contributed by atoms with E-state index in [0.29, 0.717) is 11.9 Å². The van der Waals surface area contributed by atoms with Gasteiger partial charge in [-0.05, 0) is 51.5 Å². The van der Waals surface area contributed by atoms with Crippen LogP contribution in [0.5, 0.6) is 0 Å². The Bertz CT molecular complexity index is 1020. The monoisotopic (exact) mass is 455 g/mol. The number of carbonyl (C=O) groups is 1. The van der Waals surface area contributed by atoms with Crippen LogP contribution in [-0.2, 0) is 6.42 Å². The second-order valence-corrected chi connectivity index (χ2v) is 8.97. The molecule has 136 valence electrons. The number of nitrogens with zero attached hydrogens (tertiary/aromatic N) is 1. The van der Waals surface area contributed by atoms with Gasteiger partial charge in [-0.1, -0.05) is 56.1 Å². The minimum atomic E-state index is -0.630. The van der Waals surface area contributed by atoms with Crippen LogP contribution in [0.2, 0.25) is 10.0 Å². The maximum absolute atomic E-state index is 14.8. The van der Waals surface area contributed by atoms with Crippen LogP contribution in [-0.4, -0.2) is 10.2 Å². The SMILES string of the molecule is CC(C)(C)Cc1ccc(Cl)c(C(=O)c2c(F)c(Br)c3ccccn23)c1Cl. The van der Waals surface area contributed by atoms with Crippen molar-refractivity contribution in [3.8, 4) is 0 Å². The molecule has 2 aromatic heterocycles. The molecule has 0 bridgehead atoms. The lowest BCUT2D eigenvalue weighted by Crippen LogP contribution is -2.13. The molecule has 3 rings (SSSR count). The Balaban J connectivity index is 2.21. The van der Waals surface area contributed by atoms with Crippen molar-refractivity contribution in [3.63, 3.8) is 0 Å². The van der Waals surface area contributed by atoms with E-state index in [9.17, 15) is 9.18 Å². The number of aromatic nitrogens is 1. The van der Waals surface area contributed by atoms with Crippen molar-refractivity contribution in [1.82, 2.24) is 4.40 Å². The van der Waals surface area contributed by atoms with E-state index in [2.05, 4.69) is 36.7 Å². The third kappa shape index (κ3) is 3.42. The smallest absolute Gasteiger partial charge is 0.215 e. The highest BCUT2D eigenvalue weighted by molar-refractivity contribution is 9.10. The van der Waals surface area contributed by atoms with Gasteiger partial charge in [0, 0.05) is 6.20 Å². The zero-order valence-corrected chi connectivity index (χ0v) is 17.6. The van der Waals surface area contributed by atoms with Gasteiger partial charge < -0.3 is 4.40 Å². The van der Waals surface area contributed by atoms with Crippen molar-refractivity contribution in [2.75, 3.05) is 0 Å². The molecular formula is C20H17BrCl2FNO. The molecule has 0 spiro atoms. The largest absolute Gasteiger partial charge is 0.310 e. The topological polar surface area (TPSA) is 21.5 Å². The van der Waals surface area contributed by atoms with E-state index >= 15 is 0 Å². The number of hydrogen-bond donors (Lipinski definition) is 0. The molecule has 0 fully saturated rings. The van der Waals surface area contributed by atoms with Gasteiger partial charge in [0.15, 0.2) is 5.82 Å². The van der Waals surface area contributed by atoms with Gasteiger partial charge >= 0.3 is 0 Å². The van der Waals surface area contributed by atoms with E-state index in [0.717, 1.165) is 5.56 Å². The van der Waals surface area contributed by atoms with Gasteiger partial charge in [0.2, 0.25) is 5.78 Å². The number of hydrogen-bond acceptors (Lipinski definition) is 1. The Morgan fingerprint density at radius 2 is 1.88 bits per heavy atom. The van der Waals surface area contributed by atoms with Crippen molar-refractivity contribution in [1.29, 1.82) is 0 Å². The molecule has 0 unspecified atom stereocenters. The maximum Gasteiger partial charge on any atom is 0.215 e. The Morgan fingerprint density at radius 3 is 2.54 bits per heavy atom. The van der Waals surface area contributed by atoms with Crippen LogP contribution in [0, 0.1) is 11.2 Å². The Kier molecular flexibility index (Phi) is 5.22. The fraction of sp³-hybridized carbons (Fsp3) is 0.250. The third-order valence-corrected chi connectivity index (χ3v) is 5.56. The number of benzene rings is 1. The number of carbonyl (C=O) groups excluding carboxylic acids is 1. The number of rotatable bonds is 3. The van der Waals surface area contributed by atoms with Gasteiger partial charge in [0.1, 0.15) is 5.69 Å². The Labute approximate surface area is 170 Å². The van der Waals surface area contributed by atoms with Crippen molar-refractivity contribution in [2.24, 2.45) is 5.41 Å². The number of ketones is 1. The van der Waals surface area contributed by atoms with Crippen LogP contribution >= 0.6 is 39.1 Å². The van der Waals surface area contributed by atoms with E-state index in [1.165, 1.54) is 4.40 Å². The predicted octanol–water partition coefficient (Wildman–Crippen LogP) is 6.97. The van der Waals surface area contributed by atoms with Crippen molar-refractivity contribution in [2.45, 2.75) is 27.2 Å². The van der Waals surface area contributed by atoms with Crippen molar-refractivity contribution in [3.05, 3.63) is 73.7 Å².